The number of benzene rings is 3. The van der Waals surface area contributed by atoms with Crippen molar-refractivity contribution in [1.82, 2.24) is 0 Å². The molecule has 1 N–H and O–H groups in total. The van der Waals surface area contributed by atoms with Gasteiger partial charge in [-0.25, -0.2) is 0 Å². The van der Waals surface area contributed by atoms with Crippen molar-refractivity contribution >= 4 is 40.7 Å². The van der Waals surface area contributed by atoms with E-state index in [2.05, 4.69) is 0 Å². The molecule has 0 radical (unpaired) electrons. The number of rotatable bonds is 5. The second-order valence-corrected chi connectivity index (χ2v) is 8.88. The summed E-state index contributed by atoms with van der Waals surface area (Å²) in [5.74, 6) is -2.09. The van der Waals surface area contributed by atoms with Crippen LogP contribution in [0.15, 0.2) is 66.2 Å². The second kappa shape index (κ2) is 9.87. The van der Waals surface area contributed by atoms with E-state index in [1.165, 1.54) is 25.0 Å². The molecule has 3 aromatic carbocycles. The number of amides is 1. The van der Waals surface area contributed by atoms with Crippen molar-refractivity contribution in [3.05, 3.63) is 93.5 Å². The number of carbonyl (C=O) groups is 3. The van der Waals surface area contributed by atoms with Crippen LogP contribution < -0.4 is 14.4 Å². The molecule has 0 aromatic heterocycles. The van der Waals surface area contributed by atoms with Crippen LogP contribution in [0.4, 0.5) is 5.69 Å². The number of Topliss-reactive ketones (excluding diaryl/α,β-unsaturated/α-hetero) is 1. The molecule has 1 amide bonds. The fraction of sp³-hybridized carbons (Fsp3) is 0.179. The molecular weight excluding hydrogens is 482 g/mol. The molecule has 1 heterocycles. The van der Waals surface area contributed by atoms with E-state index in [0.717, 1.165) is 11.1 Å². The SMILES string of the molecule is COc1ccc(Cl)cc1/C(O)=C1\C(=O)C(=O)N(c2ccc(C)c(C)c2)C1c1cccc(OC(C)=O)c1. The Morgan fingerprint density at radius 1 is 1.00 bits per heavy atom. The first-order valence-corrected chi connectivity index (χ1v) is 11.5. The standard InChI is InChI=1S/C28H24ClNO6/c1-15-8-10-20(12-16(15)2)30-25(18-6-5-7-21(13-18)36-17(3)31)24(27(33)28(30)34)26(32)22-14-19(29)9-11-23(22)35-4/h5-14,25,32H,1-4H3/b26-24+. The number of hydrogen-bond donors (Lipinski definition) is 1. The average molecular weight is 506 g/mol. The van der Waals surface area contributed by atoms with Gasteiger partial charge in [0.25, 0.3) is 11.7 Å². The van der Waals surface area contributed by atoms with Crippen molar-refractivity contribution in [1.29, 1.82) is 0 Å². The lowest BCUT2D eigenvalue weighted by atomic mass is 9.94. The summed E-state index contributed by atoms with van der Waals surface area (Å²) < 4.78 is 10.6. The van der Waals surface area contributed by atoms with Crippen LogP contribution in [0.3, 0.4) is 0 Å². The first-order valence-electron chi connectivity index (χ1n) is 11.1. The molecule has 1 atom stereocenters. The summed E-state index contributed by atoms with van der Waals surface area (Å²) in [4.78, 5) is 39.7. The molecule has 7 nitrogen and oxygen atoms in total. The van der Waals surface area contributed by atoms with E-state index in [0.29, 0.717) is 16.3 Å². The van der Waals surface area contributed by atoms with Crippen molar-refractivity contribution in [3.63, 3.8) is 0 Å². The number of halogens is 1. The minimum atomic E-state index is -1.01. The minimum Gasteiger partial charge on any atom is -0.507 e. The van der Waals surface area contributed by atoms with Crippen molar-refractivity contribution in [2.75, 3.05) is 12.0 Å². The molecule has 1 aliphatic heterocycles. The quantitative estimate of drug-likeness (QED) is 0.161. The summed E-state index contributed by atoms with van der Waals surface area (Å²) in [7, 11) is 1.42. The van der Waals surface area contributed by atoms with Crippen LogP contribution in [-0.2, 0) is 14.4 Å². The van der Waals surface area contributed by atoms with Crippen LogP contribution in [0.2, 0.25) is 5.02 Å². The van der Waals surface area contributed by atoms with Gasteiger partial charge >= 0.3 is 5.97 Å². The van der Waals surface area contributed by atoms with Gasteiger partial charge in [-0.3, -0.25) is 19.3 Å². The van der Waals surface area contributed by atoms with Crippen LogP contribution in [0.25, 0.3) is 5.76 Å². The number of carbonyl (C=O) groups excluding carboxylic acids is 3. The maximum Gasteiger partial charge on any atom is 0.308 e. The van der Waals surface area contributed by atoms with E-state index < -0.39 is 29.5 Å². The van der Waals surface area contributed by atoms with Crippen LogP contribution in [0.1, 0.15) is 35.2 Å². The van der Waals surface area contributed by atoms with E-state index in [4.69, 9.17) is 21.1 Å². The minimum absolute atomic E-state index is 0.140. The number of aliphatic hydroxyl groups excluding tert-OH is 1. The normalized spacial score (nSPS) is 16.8. The Bertz CT molecular complexity index is 1430. The monoisotopic (exact) mass is 505 g/mol. The number of esters is 1. The van der Waals surface area contributed by atoms with E-state index in [1.807, 2.05) is 26.0 Å². The van der Waals surface area contributed by atoms with Gasteiger partial charge in [-0.2, -0.15) is 0 Å². The molecule has 1 aliphatic rings. The van der Waals surface area contributed by atoms with Gasteiger partial charge in [-0.15, -0.1) is 0 Å². The Morgan fingerprint density at radius 3 is 2.42 bits per heavy atom. The molecule has 0 saturated carbocycles. The third kappa shape index (κ3) is 4.57. The van der Waals surface area contributed by atoms with Gasteiger partial charge in [0.1, 0.15) is 17.3 Å². The number of anilines is 1. The van der Waals surface area contributed by atoms with Crippen molar-refractivity contribution in [3.8, 4) is 11.5 Å². The molecule has 0 aliphatic carbocycles. The lowest BCUT2D eigenvalue weighted by Gasteiger charge is -2.26. The molecular formula is C28H24ClNO6. The van der Waals surface area contributed by atoms with Crippen LogP contribution in [-0.4, -0.2) is 29.9 Å². The summed E-state index contributed by atoms with van der Waals surface area (Å²) in [6, 6.07) is 15.5. The molecule has 36 heavy (non-hydrogen) atoms. The highest BCUT2D eigenvalue weighted by Gasteiger charge is 2.47. The molecule has 1 fully saturated rings. The largest absolute Gasteiger partial charge is 0.507 e. The number of nitrogens with zero attached hydrogens (tertiary/aromatic N) is 1. The Morgan fingerprint density at radius 2 is 1.75 bits per heavy atom. The maximum atomic E-state index is 13.4. The number of aliphatic hydroxyl groups is 1. The van der Waals surface area contributed by atoms with E-state index in [-0.39, 0.29) is 22.6 Å². The highest BCUT2D eigenvalue weighted by Crippen LogP contribution is 2.44. The van der Waals surface area contributed by atoms with Gasteiger partial charge in [0.2, 0.25) is 0 Å². The van der Waals surface area contributed by atoms with Crippen molar-refractivity contribution in [2.24, 2.45) is 0 Å². The maximum absolute atomic E-state index is 13.4. The van der Waals surface area contributed by atoms with E-state index >= 15 is 0 Å². The predicted molar refractivity (Wildman–Crippen MR) is 136 cm³/mol. The first kappa shape index (κ1) is 25.0. The van der Waals surface area contributed by atoms with Crippen molar-refractivity contribution in [2.45, 2.75) is 26.8 Å². The topological polar surface area (TPSA) is 93.1 Å². The zero-order valence-corrected chi connectivity index (χ0v) is 20.9. The second-order valence-electron chi connectivity index (χ2n) is 8.45. The molecule has 8 heteroatoms. The summed E-state index contributed by atoms with van der Waals surface area (Å²) in [5.41, 5.74) is 2.93. The van der Waals surface area contributed by atoms with Crippen molar-refractivity contribution < 1.29 is 29.0 Å². The molecule has 3 aromatic rings. The van der Waals surface area contributed by atoms with Crippen LogP contribution in [0, 0.1) is 13.8 Å². The molecule has 184 valence electrons. The zero-order chi connectivity index (χ0) is 26.1. The highest BCUT2D eigenvalue weighted by molar-refractivity contribution is 6.51. The Hall–Kier alpha value is -4.10. The molecule has 0 spiro atoms. The molecule has 1 unspecified atom stereocenters. The van der Waals surface area contributed by atoms with Gasteiger partial charge in [0, 0.05) is 17.6 Å². The molecule has 1 saturated heterocycles. The van der Waals surface area contributed by atoms with Crippen LogP contribution in [0.5, 0.6) is 11.5 Å². The zero-order valence-electron chi connectivity index (χ0n) is 20.2. The van der Waals surface area contributed by atoms with Gasteiger partial charge < -0.3 is 14.6 Å². The Balaban J connectivity index is 1.99. The van der Waals surface area contributed by atoms with Gasteiger partial charge in [-0.05, 0) is 73.0 Å². The smallest absolute Gasteiger partial charge is 0.308 e. The summed E-state index contributed by atoms with van der Waals surface area (Å²) in [6.07, 6.45) is 0. The third-order valence-electron chi connectivity index (χ3n) is 6.07. The van der Waals surface area contributed by atoms with E-state index in [1.54, 1.807) is 42.5 Å². The number of methoxy groups -OCH3 is 1. The third-order valence-corrected chi connectivity index (χ3v) is 6.30. The average Bonchev–Trinajstić information content (AvgIpc) is 3.10. The molecule has 4 rings (SSSR count). The highest BCUT2D eigenvalue weighted by atomic mass is 35.5. The lowest BCUT2D eigenvalue weighted by Crippen LogP contribution is -2.29. The Kier molecular flexibility index (Phi) is 6.86. The summed E-state index contributed by atoms with van der Waals surface area (Å²) in [6.45, 7) is 5.13. The van der Waals surface area contributed by atoms with Gasteiger partial charge in [0.15, 0.2) is 0 Å². The summed E-state index contributed by atoms with van der Waals surface area (Å²) in [5, 5.41) is 11.7. The first-order chi connectivity index (χ1) is 17.1. The fourth-order valence-electron chi connectivity index (χ4n) is 4.21. The van der Waals surface area contributed by atoms with E-state index in [9.17, 15) is 19.5 Å². The summed E-state index contributed by atoms with van der Waals surface area (Å²) >= 11 is 6.17. The fourth-order valence-corrected chi connectivity index (χ4v) is 4.39. The predicted octanol–water partition coefficient (Wildman–Crippen LogP) is 5.52. The van der Waals surface area contributed by atoms with Gasteiger partial charge in [0.05, 0.1) is 24.3 Å². The number of aryl methyl sites for hydroxylation is 2. The number of hydrogen-bond acceptors (Lipinski definition) is 6. The number of ether oxygens (including phenoxy) is 2. The lowest BCUT2D eigenvalue weighted by molar-refractivity contribution is -0.132. The van der Waals surface area contributed by atoms with Crippen LogP contribution >= 0.6 is 11.6 Å². The number of ketones is 1. The Labute approximate surface area is 213 Å². The molecule has 0 bridgehead atoms. The van der Waals surface area contributed by atoms with Gasteiger partial charge in [-0.1, -0.05) is 29.8 Å².